The third-order valence-electron chi connectivity index (χ3n) is 5.13. The molecule has 0 radical (unpaired) electrons. The predicted octanol–water partition coefficient (Wildman–Crippen LogP) is 3.72. The molecule has 0 saturated heterocycles. The summed E-state index contributed by atoms with van der Waals surface area (Å²) in [7, 11) is 0. The number of hydrazone groups is 1. The molecule has 34 heavy (non-hydrogen) atoms. The van der Waals surface area contributed by atoms with Gasteiger partial charge in [0.15, 0.2) is 6.61 Å². The van der Waals surface area contributed by atoms with Crippen LogP contribution >= 0.6 is 0 Å². The summed E-state index contributed by atoms with van der Waals surface area (Å²) in [5.41, 5.74) is 6.90. The van der Waals surface area contributed by atoms with Gasteiger partial charge in [-0.2, -0.15) is 5.10 Å². The molecule has 3 aromatic rings. The fourth-order valence-corrected chi connectivity index (χ4v) is 3.04. The zero-order valence-corrected chi connectivity index (χ0v) is 19.2. The molecule has 0 unspecified atom stereocenters. The van der Waals surface area contributed by atoms with Crippen LogP contribution in [0.2, 0.25) is 0 Å². The van der Waals surface area contributed by atoms with Crippen LogP contribution in [-0.2, 0) is 14.4 Å². The van der Waals surface area contributed by atoms with Gasteiger partial charge in [0.1, 0.15) is 5.75 Å². The van der Waals surface area contributed by atoms with E-state index in [2.05, 4.69) is 21.2 Å². The Labute approximate surface area is 198 Å². The number of ether oxygens (including phenoxy) is 1. The zero-order chi connectivity index (χ0) is 24.5. The SMILES string of the molecule is Cc1ccccc1NC(=O)C(=O)N/N=C\c1ccccc1OCC(=O)Nc1cccc(C)c1C. The van der Waals surface area contributed by atoms with Gasteiger partial charge in [0.2, 0.25) is 0 Å². The van der Waals surface area contributed by atoms with Gasteiger partial charge in [0.05, 0.1) is 6.21 Å². The lowest BCUT2D eigenvalue weighted by atomic mass is 10.1. The highest BCUT2D eigenvalue weighted by Gasteiger charge is 2.14. The van der Waals surface area contributed by atoms with Crippen LogP contribution in [0.4, 0.5) is 11.4 Å². The molecule has 8 nitrogen and oxygen atoms in total. The minimum atomic E-state index is -0.911. The molecule has 0 heterocycles. The normalized spacial score (nSPS) is 10.6. The first-order valence-corrected chi connectivity index (χ1v) is 10.6. The van der Waals surface area contributed by atoms with Crippen molar-refractivity contribution in [2.75, 3.05) is 17.2 Å². The number of amides is 3. The lowest BCUT2D eigenvalue weighted by molar-refractivity contribution is -0.136. The van der Waals surface area contributed by atoms with Gasteiger partial charge in [-0.3, -0.25) is 14.4 Å². The first-order chi connectivity index (χ1) is 16.3. The smallest absolute Gasteiger partial charge is 0.329 e. The second-order valence-corrected chi connectivity index (χ2v) is 7.59. The molecule has 0 bridgehead atoms. The fraction of sp³-hybridized carbons (Fsp3) is 0.154. The van der Waals surface area contributed by atoms with Crippen molar-refractivity contribution in [2.24, 2.45) is 5.10 Å². The summed E-state index contributed by atoms with van der Waals surface area (Å²) in [5.74, 6) is -1.65. The Morgan fingerprint density at radius 1 is 0.794 bits per heavy atom. The number of hydrogen-bond donors (Lipinski definition) is 3. The number of benzene rings is 3. The fourth-order valence-electron chi connectivity index (χ4n) is 3.04. The quantitative estimate of drug-likeness (QED) is 0.285. The van der Waals surface area contributed by atoms with Crippen LogP contribution in [0, 0.1) is 20.8 Å². The Kier molecular flexibility index (Phi) is 8.12. The summed E-state index contributed by atoms with van der Waals surface area (Å²) in [4.78, 5) is 36.5. The van der Waals surface area contributed by atoms with Gasteiger partial charge in [-0.1, -0.05) is 42.5 Å². The number of aryl methyl sites for hydroxylation is 2. The number of hydrogen-bond acceptors (Lipinski definition) is 5. The lowest BCUT2D eigenvalue weighted by Crippen LogP contribution is -2.32. The molecule has 0 aromatic heterocycles. The van der Waals surface area contributed by atoms with Crippen molar-refractivity contribution in [1.82, 2.24) is 5.43 Å². The number of carbonyl (C=O) groups is 3. The third kappa shape index (κ3) is 6.52. The number of para-hydroxylation sites is 2. The molecule has 0 aliphatic rings. The van der Waals surface area contributed by atoms with E-state index in [0.717, 1.165) is 22.4 Å². The first-order valence-electron chi connectivity index (χ1n) is 10.6. The van der Waals surface area contributed by atoms with Gasteiger partial charge in [-0.05, 0) is 61.7 Å². The predicted molar refractivity (Wildman–Crippen MR) is 132 cm³/mol. The highest BCUT2D eigenvalue weighted by Crippen LogP contribution is 2.19. The van der Waals surface area contributed by atoms with E-state index in [4.69, 9.17) is 4.74 Å². The van der Waals surface area contributed by atoms with Gasteiger partial charge < -0.3 is 15.4 Å². The molecule has 0 spiro atoms. The van der Waals surface area contributed by atoms with Crippen molar-refractivity contribution in [2.45, 2.75) is 20.8 Å². The summed E-state index contributed by atoms with van der Waals surface area (Å²) >= 11 is 0. The molecule has 3 amide bonds. The molecule has 0 atom stereocenters. The van der Waals surface area contributed by atoms with Gasteiger partial charge in [-0.15, -0.1) is 0 Å². The Balaban J connectivity index is 1.55. The zero-order valence-electron chi connectivity index (χ0n) is 19.2. The van der Waals surface area contributed by atoms with Gasteiger partial charge in [0, 0.05) is 16.9 Å². The lowest BCUT2D eigenvalue weighted by Gasteiger charge is -2.12. The Bertz CT molecular complexity index is 1240. The number of rotatable bonds is 7. The van der Waals surface area contributed by atoms with Crippen molar-refractivity contribution in [3.05, 3.63) is 89.0 Å². The average molecular weight is 459 g/mol. The van der Waals surface area contributed by atoms with E-state index >= 15 is 0 Å². The Morgan fingerprint density at radius 3 is 2.26 bits per heavy atom. The molecule has 8 heteroatoms. The van der Waals surface area contributed by atoms with E-state index in [1.54, 1.807) is 36.4 Å². The van der Waals surface area contributed by atoms with Crippen LogP contribution in [0.25, 0.3) is 0 Å². The Morgan fingerprint density at radius 2 is 1.47 bits per heavy atom. The van der Waals surface area contributed by atoms with E-state index in [0.29, 0.717) is 17.0 Å². The van der Waals surface area contributed by atoms with E-state index < -0.39 is 11.8 Å². The van der Waals surface area contributed by atoms with Crippen molar-refractivity contribution in [3.8, 4) is 5.75 Å². The van der Waals surface area contributed by atoms with Crippen LogP contribution in [0.3, 0.4) is 0 Å². The summed E-state index contributed by atoms with van der Waals surface area (Å²) < 4.78 is 5.64. The molecule has 3 N–H and O–H groups in total. The van der Waals surface area contributed by atoms with E-state index in [1.807, 2.05) is 51.1 Å². The standard InChI is InChI=1S/C26H26N4O4/c1-17-10-8-13-22(19(17)3)28-24(31)16-34-23-14-7-5-11-20(23)15-27-30-26(33)25(32)29-21-12-6-4-9-18(21)2/h4-15H,16H2,1-3H3,(H,28,31)(H,29,32)(H,30,33)/b27-15-. The molecular weight excluding hydrogens is 432 g/mol. The first kappa shape index (κ1) is 24.2. The molecule has 3 rings (SSSR count). The monoisotopic (exact) mass is 458 g/mol. The highest BCUT2D eigenvalue weighted by molar-refractivity contribution is 6.39. The topological polar surface area (TPSA) is 109 Å². The molecule has 0 saturated carbocycles. The number of nitrogens with one attached hydrogen (secondary N) is 3. The average Bonchev–Trinajstić information content (AvgIpc) is 2.82. The van der Waals surface area contributed by atoms with Crippen LogP contribution in [-0.4, -0.2) is 30.5 Å². The molecule has 0 fully saturated rings. The van der Waals surface area contributed by atoms with Crippen molar-refractivity contribution >= 4 is 35.3 Å². The molecule has 0 aliphatic heterocycles. The van der Waals surface area contributed by atoms with E-state index in [9.17, 15) is 14.4 Å². The summed E-state index contributed by atoms with van der Waals surface area (Å²) in [5, 5.41) is 9.21. The van der Waals surface area contributed by atoms with E-state index in [-0.39, 0.29) is 12.5 Å². The number of anilines is 2. The van der Waals surface area contributed by atoms with Crippen molar-refractivity contribution in [3.63, 3.8) is 0 Å². The van der Waals surface area contributed by atoms with Crippen LogP contribution in [0.5, 0.6) is 5.75 Å². The van der Waals surface area contributed by atoms with Crippen molar-refractivity contribution < 1.29 is 19.1 Å². The van der Waals surface area contributed by atoms with Gasteiger partial charge in [-0.25, -0.2) is 5.43 Å². The largest absolute Gasteiger partial charge is 0.483 e. The number of nitrogens with zero attached hydrogens (tertiary/aromatic N) is 1. The molecule has 174 valence electrons. The number of carbonyl (C=O) groups excluding carboxylic acids is 3. The highest BCUT2D eigenvalue weighted by atomic mass is 16.5. The van der Waals surface area contributed by atoms with E-state index in [1.165, 1.54) is 6.21 Å². The maximum Gasteiger partial charge on any atom is 0.329 e. The van der Waals surface area contributed by atoms with Crippen LogP contribution < -0.4 is 20.8 Å². The van der Waals surface area contributed by atoms with Gasteiger partial charge in [0.25, 0.3) is 5.91 Å². The summed E-state index contributed by atoms with van der Waals surface area (Å²) in [6, 6.07) is 19.7. The molecular formula is C26H26N4O4. The second kappa shape index (κ2) is 11.4. The minimum absolute atomic E-state index is 0.205. The molecule has 3 aromatic carbocycles. The Hall–Kier alpha value is -4.46. The third-order valence-corrected chi connectivity index (χ3v) is 5.13. The maximum absolute atomic E-state index is 12.3. The van der Waals surface area contributed by atoms with Gasteiger partial charge >= 0.3 is 11.8 Å². The van der Waals surface area contributed by atoms with Crippen LogP contribution in [0.15, 0.2) is 71.8 Å². The van der Waals surface area contributed by atoms with Crippen molar-refractivity contribution in [1.29, 1.82) is 0 Å². The summed E-state index contributed by atoms with van der Waals surface area (Å²) in [6.45, 7) is 5.53. The maximum atomic E-state index is 12.3. The second-order valence-electron chi connectivity index (χ2n) is 7.59. The molecule has 0 aliphatic carbocycles. The van der Waals surface area contributed by atoms with Crippen LogP contribution in [0.1, 0.15) is 22.3 Å². The summed E-state index contributed by atoms with van der Waals surface area (Å²) in [6.07, 6.45) is 1.34. The minimum Gasteiger partial charge on any atom is -0.483 e.